The van der Waals surface area contributed by atoms with Crippen LogP contribution in [0.3, 0.4) is 0 Å². The Morgan fingerprint density at radius 1 is 1.16 bits per heavy atom. The van der Waals surface area contributed by atoms with E-state index in [1.165, 1.54) is 0 Å². The number of benzene rings is 1. The van der Waals surface area contributed by atoms with Gasteiger partial charge in [0.2, 0.25) is 11.9 Å². The summed E-state index contributed by atoms with van der Waals surface area (Å²) in [6.45, 7) is 2.06. The third-order valence-electron chi connectivity index (χ3n) is 2.58. The standard InChI is InChI=1S/C13H17N5O/c1-4-9-7-5-6-8-10(9)19-13-16-11(14)15-12(17-13)18(2)3/h5-8H,4H2,1-3H3,(H2,14,15,16,17). The molecular weight excluding hydrogens is 242 g/mol. The van der Waals surface area contributed by atoms with E-state index in [1.54, 1.807) is 4.90 Å². The molecule has 0 atom stereocenters. The molecule has 1 aromatic heterocycles. The summed E-state index contributed by atoms with van der Waals surface area (Å²) < 4.78 is 5.70. The number of aryl methyl sites for hydroxylation is 1. The van der Waals surface area contributed by atoms with E-state index in [0.29, 0.717) is 5.95 Å². The predicted octanol–water partition coefficient (Wildman–Crippen LogP) is 1.87. The number of nitrogen functional groups attached to an aromatic ring is 1. The van der Waals surface area contributed by atoms with Crippen LogP contribution in [0.1, 0.15) is 12.5 Å². The molecule has 2 aromatic rings. The number of nitrogens with zero attached hydrogens (tertiary/aromatic N) is 4. The van der Waals surface area contributed by atoms with Crippen molar-refractivity contribution >= 4 is 11.9 Å². The molecule has 1 aromatic carbocycles. The molecule has 0 saturated heterocycles. The van der Waals surface area contributed by atoms with E-state index in [4.69, 9.17) is 10.5 Å². The van der Waals surface area contributed by atoms with Gasteiger partial charge in [-0.2, -0.15) is 15.0 Å². The van der Waals surface area contributed by atoms with Crippen molar-refractivity contribution in [1.29, 1.82) is 0 Å². The van der Waals surface area contributed by atoms with Crippen LogP contribution in [-0.4, -0.2) is 29.0 Å². The highest BCUT2D eigenvalue weighted by atomic mass is 16.5. The van der Waals surface area contributed by atoms with Gasteiger partial charge in [-0.15, -0.1) is 0 Å². The lowest BCUT2D eigenvalue weighted by Gasteiger charge is -2.12. The highest BCUT2D eigenvalue weighted by Gasteiger charge is 2.09. The molecule has 1 heterocycles. The molecule has 2 N–H and O–H groups in total. The minimum Gasteiger partial charge on any atom is -0.424 e. The van der Waals surface area contributed by atoms with Crippen LogP contribution < -0.4 is 15.4 Å². The fraction of sp³-hybridized carbons (Fsp3) is 0.308. The Hall–Kier alpha value is -2.37. The largest absolute Gasteiger partial charge is 0.424 e. The maximum Gasteiger partial charge on any atom is 0.328 e. The number of rotatable bonds is 4. The lowest BCUT2D eigenvalue weighted by atomic mass is 10.1. The number of ether oxygens (including phenoxy) is 1. The first-order valence-electron chi connectivity index (χ1n) is 6.04. The van der Waals surface area contributed by atoms with Crippen molar-refractivity contribution in [3.63, 3.8) is 0 Å². The Labute approximate surface area is 112 Å². The molecule has 6 heteroatoms. The average Bonchev–Trinajstić information content (AvgIpc) is 2.38. The fourth-order valence-corrected chi connectivity index (χ4v) is 1.60. The van der Waals surface area contributed by atoms with Crippen LogP contribution in [0.5, 0.6) is 11.8 Å². The maximum atomic E-state index is 5.70. The van der Waals surface area contributed by atoms with Gasteiger partial charge < -0.3 is 15.4 Å². The van der Waals surface area contributed by atoms with Crippen molar-refractivity contribution in [3.8, 4) is 11.8 Å². The van der Waals surface area contributed by atoms with Gasteiger partial charge in [0.1, 0.15) is 5.75 Å². The van der Waals surface area contributed by atoms with Crippen LogP contribution in [-0.2, 0) is 6.42 Å². The molecule has 0 amide bonds. The molecule has 0 aliphatic rings. The minimum absolute atomic E-state index is 0.141. The van der Waals surface area contributed by atoms with Crippen LogP contribution in [0, 0.1) is 0 Å². The summed E-state index contributed by atoms with van der Waals surface area (Å²) in [6, 6.07) is 7.97. The molecule has 0 aliphatic heterocycles. The minimum atomic E-state index is 0.141. The average molecular weight is 259 g/mol. The van der Waals surface area contributed by atoms with E-state index >= 15 is 0 Å². The molecule has 0 aliphatic carbocycles. The highest BCUT2D eigenvalue weighted by molar-refractivity contribution is 5.38. The molecule has 19 heavy (non-hydrogen) atoms. The second-order valence-electron chi connectivity index (χ2n) is 4.23. The van der Waals surface area contributed by atoms with Gasteiger partial charge in [-0.05, 0) is 18.1 Å². The molecular formula is C13H17N5O. The summed E-state index contributed by atoms with van der Waals surface area (Å²) in [4.78, 5) is 14.0. The van der Waals surface area contributed by atoms with E-state index in [1.807, 2.05) is 38.4 Å². The molecule has 0 fully saturated rings. The third kappa shape index (κ3) is 3.09. The lowest BCUT2D eigenvalue weighted by molar-refractivity contribution is 0.436. The molecule has 0 radical (unpaired) electrons. The van der Waals surface area contributed by atoms with Crippen molar-refractivity contribution in [3.05, 3.63) is 29.8 Å². The Kier molecular flexibility index (Phi) is 3.79. The summed E-state index contributed by atoms with van der Waals surface area (Å²) in [6.07, 6.45) is 0.872. The zero-order chi connectivity index (χ0) is 13.8. The van der Waals surface area contributed by atoms with Crippen LogP contribution in [0.15, 0.2) is 24.3 Å². The molecule has 0 unspecified atom stereocenters. The summed E-state index contributed by atoms with van der Waals surface area (Å²) in [5, 5.41) is 0. The quantitative estimate of drug-likeness (QED) is 0.903. The van der Waals surface area contributed by atoms with Gasteiger partial charge in [-0.3, -0.25) is 0 Å². The van der Waals surface area contributed by atoms with Crippen molar-refractivity contribution in [2.75, 3.05) is 24.7 Å². The van der Waals surface area contributed by atoms with Crippen molar-refractivity contribution < 1.29 is 4.74 Å². The van der Waals surface area contributed by atoms with E-state index in [-0.39, 0.29) is 12.0 Å². The van der Waals surface area contributed by atoms with Crippen LogP contribution >= 0.6 is 0 Å². The molecule has 2 rings (SSSR count). The van der Waals surface area contributed by atoms with Crippen molar-refractivity contribution in [2.24, 2.45) is 0 Å². The summed E-state index contributed by atoms with van der Waals surface area (Å²) in [5.41, 5.74) is 6.74. The first-order valence-corrected chi connectivity index (χ1v) is 6.04. The van der Waals surface area contributed by atoms with Gasteiger partial charge in [0, 0.05) is 14.1 Å². The summed E-state index contributed by atoms with van der Waals surface area (Å²) in [5.74, 6) is 1.35. The monoisotopic (exact) mass is 259 g/mol. The van der Waals surface area contributed by atoms with E-state index in [9.17, 15) is 0 Å². The summed E-state index contributed by atoms with van der Waals surface area (Å²) in [7, 11) is 3.66. The Balaban J connectivity index is 2.32. The SMILES string of the molecule is CCc1ccccc1Oc1nc(N)nc(N(C)C)n1. The third-order valence-corrected chi connectivity index (χ3v) is 2.58. The van der Waals surface area contributed by atoms with Gasteiger partial charge in [0.05, 0.1) is 0 Å². The number of aromatic nitrogens is 3. The van der Waals surface area contributed by atoms with E-state index in [0.717, 1.165) is 17.7 Å². The van der Waals surface area contributed by atoms with Crippen molar-refractivity contribution in [2.45, 2.75) is 13.3 Å². The van der Waals surface area contributed by atoms with Crippen LogP contribution in [0.2, 0.25) is 0 Å². The van der Waals surface area contributed by atoms with Gasteiger partial charge in [-0.25, -0.2) is 0 Å². The highest BCUT2D eigenvalue weighted by Crippen LogP contribution is 2.24. The van der Waals surface area contributed by atoms with Gasteiger partial charge in [-0.1, -0.05) is 25.1 Å². The number of nitrogens with two attached hydrogens (primary N) is 1. The second-order valence-corrected chi connectivity index (χ2v) is 4.23. The normalized spacial score (nSPS) is 10.3. The van der Waals surface area contributed by atoms with E-state index < -0.39 is 0 Å². The number of hydrogen-bond donors (Lipinski definition) is 1. The maximum absolute atomic E-state index is 5.70. The molecule has 0 bridgehead atoms. The fourth-order valence-electron chi connectivity index (χ4n) is 1.60. The summed E-state index contributed by atoms with van der Waals surface area (Å²) >= 11 is 0. The Morgan fingerprint density at radius 2 is 1.89 bits per heavy atom. The smallest absolute Gasteiger partial charge is 0.328 e. The van der Waals surface area contributed by atoms with Crippen LogP contribution in [0.25, 0.3) is 0 Å². The molecule has 100 valence electrons. The van der Waals surface area contributed by atoms with Gasteiger partial charge in [0.25, 0.3) is 0 Å². The second kappa shape index (κ2) is 5.51. The lowest BCUT2D eigenvalue weighted by Crippen LogP contribution is -2.15. The van der Waals surface area contributed by atoms with Gasteiger partial charge in [0.15, 0.2) is 0 Å². The first kappa shape index (κ1) is 13.1. The van der Waals surface area contributed by atoms with Gasteiger partial charge >= 0.3 is 6.01 Å². The Morgan fingerprint density at radius 3 is 2.58 bits per heavy atom. The molecule has 6 nitrogen and oxygen atoms in total. The Bertz CT molecular complexity index is 571. The van der Waals surface area contributed by atoms with E-state index in [2.05, 4.69) is 21.9 Å². The topological polar surface area (TPSA) is 77.2 Å². The number of para-hydroxylation sites is 1. The molecule has 0 spiro atoms. The zero-order valence-corrected chi connectivity index (χ0v) is 11.3. The first-order chi connectivity index (χ1) is 9.10. The zero-order valence-electron chi connectivity index (χ0n) is 11.3. The molecule has 0 saturated carbocycles. The van der Waals surface area contributed by atoms with Crippen molar-refractivity contribution in [1.82, 2.24) is 15.0 Å². The predicted molar refractivity (Wildman–Crippen MR) is 74.5 cm³/mol. The number of hydrogen-bond acceptors (Lipinski definition) is 6. The number of anilines is 2. The van der Waals surface area contributed by atoms with Crippen LogP contribution in [0.4, 0.5) is 11.9 Å².